The van der Waals surface area contributed by atoms with Gasteiger partial charge in [0, 0.05) is 12.1 Å². The van der Waals surface area contributed by atoms with Crippen LogP contribution in [-0.2, 0) is 27.5 Å². The largest absolute Gasteiger partial charge is 0.497 e. The van der Waals surface area contributed by atoms with Gasteiger partial charge in [-0.15, -0.1) is 0 Å². The van der Waals surface area contributed by atoms with Gasteiger partial charge >= 0.3 is 0 Å². The molecule has 0 radical (unpaired) electrons. The number of rotatable bonds is 4. The summed E-state index contributed by atoms with van der Waals surface area (Å²) in [6.07, 6.45) is 0.647. The van der Waals surface area contributed by atoms with Crippen LogP contribution in [0.25, 0.3) is 0 Å². The fraction of sp³-hybridized carbons (Fsp3) is 0.300. The molecule has 0 aliphatic carbocycles. The molecule has 0 spiro atoms. The average molecular weight is 404 g/mol. The maximum absolute atomic E-state index is 12.9. The van der Waals surface area contributed by atoms with E-state index in [1.165, 1.54) is 4.90 Å². The average Bonchev–Trinajstić information content (AvgIpc) is 2.66. The molecule has 1 aliphatic rings. The third kappa shape index (κ3) is 4.76. The summed E-state index contributed by atoms with van der Waals surface area (Å²) in [5.41, 5.74) is 1.68. The van der Waals surface area contributed by atoms with Crippen LogP contribution in [0.1, 0.15) is 35.3 Å². The third-order valence-corrected chi connectivity index (χ3v) is 4.62. The summed E-state index contributed by atoms with van der Waals surface area (Å²) in [7, 11) is -1.05. The number of methoxy groups -OCH3 is 1. The van der Waals surface area contributed by atoms with Crippen LogP contribution >= 0.6 is 0 Å². The highest BCUT2D eigenvalue weighted by Crippen LogP contribution is 2.36. The molecule has 1 aliphatic heterocycles. The van der Waals surface area contributed by atoms with E-state index in [0.717, 1.165) is 11.1 Å². The summed E-state index contributed by atoms with van der Waals surface area (Å²) in [6, 6.07) is 15.2. The number of thiol groups is 1. The number of amides is 2. The van der Waals surface area contributed by atoms with Crippen LogP contribution in [0.2, 0.25) is 0 Å². The van der Waals surface area contributed by atoms with Gasteiger partial charge in [-0.1, -0.05) is 36.4 Å². The normalized spacial score (nSPS) is 15.0. The number of hydrogen-bond acceptors (Lipinski definition) is 5. The number of ether oxygens (including phenoxy) is 1. The molecule has 0 saturated heterocycles. The van der Waals surface area contributed by atoms with Crippen molar-refractivity contribution in [2.75, 3.05) is 13.7 Å². The Bertz CT molecular complexity index is 931. The van der Waals surface area contributed by atoms with Crippen molar-refractivity contribution in [3.63, 3.8) is 0 Å². The summed E-state index contributed by atoms with van der Waals surface area (Å²) >= 11 is 0. The molecule has 7 nitrogen and oxygen atoms in total. The summed E-state index contributed by atoms with van der Waals surface area (Å²) in [5.74, 6) is 0.223. The zero-order valence-electron chi connectivity index (χ0n) is 16.0. The summed E-state index contributed by atoms with van der Waals surface area (Å²) < 4.78 is 22.9. The number of nitrogens with zero attached hydrogens (tertiary/aromatic N) is 1. The van der Waals surface area contributed by atoms with Crippen molar-refractivity contribution in [3.8, 4) is 5.75 Å². The Morgan fingerprint density at radius 2 is 1.68 bits per heavy atom. The molecular formula is C20H24N2O5S. The molecule has 2 aromatic rings. The number of carbonyl (C=O) groups excluding carboxylic acids is 2. The molecule has 1 heterocycles. The predicted molar refractivity (Wildman–Crippen MR) is 107 cm³/mol. The van der Waals surface area contributed by atoms with E-state index in [1.54, 1.807) is 19.2 Å². The highest BCUT2D eigenvalue weighted by molar-refractivity contribution is 7.69. The molecule has 150 valence electrons. The molecule has 28 heavy (non-hydrogen) atoms. The second-order valence-electron chi connectivity index (χ2n) is 6.82. The number of benzene rings is 2. The molecule has 2 amide bonds. The number of imide groups is 1. The molecule has 3 rings (SSSR count). The maximum Gasteiger partial charge on any atom is 0.260 e. The van der Waals surface area contributed by atoms with Gasteiger partial charge in [0.1, 0.15) is 5.75 Å². The molecular weight excluding hydrogens is 380 g/mol. The highest BCUT2D eigenvalue weighted by Gasteiger charge is 2.44. The third-order valence-electron chi connectivity index (χ3n) is 4.62. The van der Waals surface area contributed by atoms with Crippen LogP contribution in [0.4, 0.5) is 0 Å². The minimum atomic E-state index is -2.62. The first-order chi connectivity index (χ1) is 13.2. The first kappa shape index (κ1) is 21.6. The summed E-state index contributed by atoms with van der Waals surface area (Å²) in [4.78, 5) is 27.1. The molecule has 0 bridgehead atoms. The van der Waals surface area contributed by atoms with Crippen molar-refractivity contribution >= 4 is 22.7 Å². The van der Waals surface area contributed by atoms with Crippen molar-refractivity contribution in [1.82, 2.24) is 4.90 Å². The standard InChI is InChI=1S/C20H21NO3.H3NO2S/c1-20(2)17-10-9-15(24-3)13-16(17)18(22)21(19(20)23)12-11-14-7-5-4-6-8-14;1-4(2)3/h4-10,13H,11-12H2,1-3H3;4H,(H2,1,2,3). The Labute approximate surface area is 166 Å². The topological polar surface area (TPSA) is 107 Å². The lowest BCUT2D eigenvalue weighted by molar-refractivity contribution is -0.134. The summed E-state index contributed by atoms with van der Waals surface area (Å²) in [6.45, 7) is 4.10. The Kier molecular flexibility index (Phi) is 6.93. The quantitative estimate of drug-likeness (QED) is 0.595. The van der Waals surface area contributed by atoms with Crippen molar-refractivity contribution < 1.29 is 22.7 Å². The van der Waals surface area contributed by atoms with Crippen molar-refractivity contribution in [1.29, 1.82) is 0 Å². The van der Waals surface area contributed by atoms with Crippen LogP contribution in [0, 0.1) is 0 Å². The Balaban J connectivity index is 0.000000640. The van der Waals surface area contributed by atoms with Gasteiger partial charge < -0.3 is 4.74 Å². The molecule has 0 atom stereocenters. The fourth-order valence-corrected chi connectivity index (χ4v) is 3.15. The molecule has 8 heteroatoms. The van der Waals surface area contributed by atoms with E-state index in [2.05, 4.69) is 5.14 Å². The second-order valence-corrected chi connectivity index (χ2v) is 7.39. The number of fused-ring (bicyclic) bond motifs is 1. The monoisotopic (exact) mass is 404 g/mol. The highest BCUT2D eigenvalue weighted by atomic mass is 32.2. The molecule has 2 aromatic carbocycles. The Hall–Kier alpha value is -2.71. The molecule has 0 saturated carbocycles. The first-order valence-corrected chi connectivity index (χ1v) is 9.91. The van der Waals surface area contributed by atoms with Crippen molar-refractivity contribution in [2.45, 2.75) is 25.7 Å². The van der Waals surface area contributed by atoms with Gasteiger partial charge in [-0.05, 0) is 43.5 Å². The van der Waals surface area contributed by atoms with E-state index in [4.69, 9.17) is 13.2 Å². The molecule has 0 fully saturated rings. The maximum atomic E-state index is 12.9. The lowest BCUT2D eigenvalue weighted by Crippen LogP contribution is -2.52. The van der Waals surface area contributed by atoms with Crippen LogP contribution in [0.5, 0.6) is 5.75 Å². The van der Waals surface area contributed by atoms with Crippen molar-refractivity contribution in [3.05, 3.63) is 65.2 Å². The zero-order chi connectivity index (χ0) is 20.9. The van der Waals surface area contributed by atoms with Crippen LogP contribution in [0.15, 0.2) is 48.5 Å². The van der Waals surface area contributed by atoms with Gasteiger partial charge in [-0.3, -0.25) is 14.5 Å². The minimum Gasteiger partial charge on any atom is -0.497 e. The molecule has 0 unspecified atom stereocenters. The number of nitrogens with two attached hydrogens (primary N) is 1. The van der Waals surface area contributed by atoms with Crippen LogP contribution in [0.3, 0.4) is 0 Å². The minimum absolute atomic E-state index is 0.152. The van der Waals surface area contributed by atoms with E-state index in [-0.39, 0.29) is 11.8 Å². The predicted octanol–water partition coefficient (Wildman–Crippen LogP) is 1.67. The second kappa shape index (κ2) is 8.99. The van der Waals surface area contributed by atoms with E-state index < -0.39 is 16.3 Å². The molecule has 2 N–H and O–H groups in total. The lowest BCUT2D eigenvalue weighted by Gasteiger charge is -2.37. The Morgan fingerprint density at radius 1 is 1.07 bits per heavy atom. The van der Waals surface area contributed by atoms with Gasteiger partial charge in [0.15, 0.2) is 10.9 Å². The number of hydrogen-bond donors (Lipinski definition) is 2. The van der Waals surface area contributed by atoms with Gasteiger partial charge in [0.05, 0.1) is 12.5 Å². The fourth-order valence-electron chi connectivity index (χ4n) is 3.15. The Morgan fingerprint density at radius 3 is 2.25 bits per heavy atom. The SMILES string of the molecule is COc1ccc2c(c1)C(=O)N(CCc1ccccc1)C(=O)C2(C)C.N[SH](=O)=O. The van der Waals surface area contributed by atoms with Crippen LogP contribution < -0.4 is 9.88 Å². The van der Waals surface area contributed by atoms with E-state index >= 15 is 0 Å². The molecule has 0 aromatic heterocycles. The summed E-state index contributed by atoms with van der Waals surface area (Å²) in [5, 5.41) is 4.06. The number of carbonyl (C=O) groups is 2. The first-order valence-electron chi connectivity index (χ1n) is 8.66. The van der Waals surface area contributed by atoms with Gasteiger partial charge in [0.2, 0.25) is 5.91 Å². The van der Waals surface area contributed by atoms with Gasteiger partial charge in [-0.25, -0.2) is 13.6 Å². The van der Waals surface area contributed by atoms with Crippen molar-refractivity contribution in [2.24, 2.45) is 5.14 Å². The van der Waals surface area contributed by atoms with Gasteiger partial charge in [0.25, 0.3) is 5.91 Å². The van der Waals surface area contributed by atoms with E-state index in [0.29, 0.717) is 24.3 Å². The lowest BCUT2D eigenvalue weighted by atomic mass is 9.77. The van der Waals surface area contributed by atoms with Crippen LogP contribution in [-0.4, -0.2) is 38.8 Å². The zero-order valence-corrected chi connectivity index (χ0v) is 16.9. The van der Waals surface area contributed by atoms with Gasteiger partial charge in [-0.2, -0.15) is 0 Å². The van der Waals surface area contributed by atoms with E-state index in [9.17, 15) is 9.59 Å². The van der Waals surface area contributed by atoms with E-state index in [1.807, 2.05) is 50.2 Å². The smallest absolute Gasteiger partial charge is 0.260 e.